The maximum absolute atomic E-state index is 2.40. The minimum Gasteiger partial charge on any atom is -0.0656 e. The highest BCUT2D eigenvalue weighted by atomic mass is 28.3. The standard InChI is InChI=1S/C25H22Si/c1-26(2,3)21-13-9-17(10-14-21)22-15-11-20-8-7-18-5-4-6-19-12-16-23(22)25(20)24(18)19/h4-16H,1-3H3. The topological polar surface area (TPSA) is 0 Å². The smallest absolute Gasteiger partial charge is 0.0656 e. The van der Waals surface area contributed by atoms with Gasteiger partial charge in [-0.2, -0.15) is 0 Å². The van der Waals surface area contributed by atoms with E-state index in [2.05, 4.69) is 98.5 Å². The summed E-state index contributed by atoms with van der Waals surface area (Å²) < 4.78 is 0. The molecule has 0 aliphatic rings. The van der Waals surface area contributed by atoms with Crippen LogP contribution < -0.4 is 5.19 Å². The third kappa shape index (κ3) is 2.28. The Morgan fingerprint density at radius 1 is 0.538 bits per heavy atom. The molecule has 0 atom stereocenters. The molecule has 0 N–H and O–H groups in total. The predicted octanol–water partition coefficient (Wildman–Crippen LogP) is 6.80. The van der Waals surface area contributed by atoms with Crippen molar-refractivity contribution in [2.75, 3.05) is 0 Å². The van der Waals surface area contributed by atoms with Gasteiger partial charge >= 0.3 is 0 Å². The minimum absolute atomic E-state index is 1.26. The van der Waals surface area contributed by atoms with Crippen LogP contribution in [-0.4, -0.2) is 8.07 Å². The lowest BCUT2D eigenvalue weighted by molar-refractivity contribution is 1.65. The van der Waals surface area contributed by atoms with Crippen molar-refractivity contribution in [3.63, 3.8) is 0 Å². The SMILES string of the molecule is C[Si](C)(C)c1ccc(-c2ccc3ccc4cccc5ccc2c3c45)cc1. The van der Waals surface area contributed by atoms with Crippen LogP contribution in [0.3, 0.4) is 0 Å². The highest BCUT2D eigenvalue weighted by molar-refractivity contribution is 6.88. The summed E-state index contributed by atoms with van der Waals surface area (Å²) in [6.07, 6.45) is 0. The fourth-order valence-electron chi connectivity index (χ4n) is 4.14. The van der Waals surface area contributed by atoms with E-state index in [4.69, 9.17) is 0 Å². The van der Waals surface area contributed by atoms with E-state index in [-0.39, 0.29) is 0 Å². The molecule has 126 valence electrons. The van der Waals surface area contributed by atoms with Crippen molar-refractivity contribution in [1.82, 2.24) is 0 Å². The first-order chi connectivity index (χ1) is 12.5. The van der Waals surface area contributed by atoms with Crippen LogP contribution in [0.5, 0.6) is 0 Å². The second kappa shape index (κ2) is 5.42. The summed E-state index contributed by atoms with van der Waals surface area (Å²) in [7, 11) is -1.26. The molecule has 26 heavy (non-hydrogen) atoms. The van der Waals surface area contributed by atoms with E-state index in [0.717, 1.165) is 0 Å². The van der Waals surface area contributed by atoms with E-state index < -0.39 is 8.07 Å². The summed E-state index contributed by atoms with van der Waals surface area (Å²) in [5.74, 6) is 0. The van der Waals surface area contributed by atoms with Gasteiger partial charge in [0.15, 0.2) is 0 Å². The van der Waals surface area contributed by atoms with Crippen LogP contribution in [0, 0.1) is 0 Å². The molecule has 0 fully saturated rings. The van der Waals surface area contributed by atoms with Crippen LogP contribution in [0.1, 0.15) is 0 Å². The average Bonchev–Trinajstić information content (AvgIpc) is 2.65. The molecule has 0 amide bonds. The lowest BCUT2D eigenvalue weighted by atomic mass is 9.90. The van der Waals surface area contributed by atoms with Crippen molar-refractivity contribution in [2.45, 2.75) is 19.6 Å². The predicted molar refractivity (Wildman–Crippen MR) is 119 cm³/mol. The molecule has 1 heteroatoms. The highest BCUT2D eigenvalue weighted by Crippen LogP contribution is 2.38. The molecule has 0 saturated carbocycles. The van der Waals surface area contributed by atoms with Gasteiger partial charge in [0.25, 0.3) is 0 Å². The number of hydrogen-bond acceptors (Lipinski definition) is 0. The van der Waals surface area contributed by atoms with Gasteiger partial charge in [0.1, 0.15) is 0 Å². The first-order valence-electron chi connectivity index (χ1n) is 9.30. The second-order valence-corrected chi connectivity index (χ2v) is 13.4. The van der Waals surface area contributed by atoms with E-state index >= 15 is 0 Å². The Labute approximate surface area is 155 Å². The molecule has 0 saturated heterocycles. The van der Waals surface area contributed by atoms with Crippen LogP contribution >= 0.6 is 0 Å². The fraction of sp³-hybridized carbons (Fsp3) is 0.120. The van der Waals surface area contributed by atoms with Gasteiger partial charge in [-0.15, -0.1) is 0 Å². The van der Waals surface area contributed by atoms with Crippen molar-refractivity contribution in [3.05, 3.63) is 78.9 Å². The first kappa shape index (κ1) is 15.6. The van der Waals surface area contributed by atoms with E-state index in [9.17, 15) is 0 Å². The molecule has 0 spiro atoms. The van der Waals surface area contributed by atoms with Gasteiger partial charge in [0.05, 0.1) is 8.07 Å². The molecule has 5 aromatic rings. The van der Waals surface area contributed by atoms with Crippen molar-refractivity contribution < 1.29 is 0 Å². The number of rotatable bonds is 2. The van der Waals surface area contributed by atoms with Gasteiger partial charge < -0.3 is 0 Å². The van der Waals surface area contributed by atoms with Gasteiger partial charge in [-0.1, -0.05) is 104 Å². The molecule has 0 radical (unpaired) electrons. The molecule has 0 aliphatic heterocycles. The summed E-state index contributed by atoms with van der Waals surface area (Å²) >= 11 is 0. The van der Waals surface area contributed by atoms with Crippen molar-refractivity contribution in [1.29, 1.82) is 0 Å². The Hall–Kier alpha value is -2.64. The lowest BCUT2D eigenvalue weighted by Crippen LogP contribution is -2.37. The molecular weight excluding hydrogens is 328 g/mol. The van der Waals surface area contributed by atoms with Crippen molar-refractivity contribution in [3.8, 4) is 11.1 Å². The van der Waals surface area contributed by atoms with Gasteiger partial charge in [-0.05, 0) is 43.4 Å². The maximum atomic E-state index is 2.40. The van der Waals surface area contributed by atoms with E-state index in [1.165, 1.54) is 48.6 Å². The van der Waals surface area contributed by atoms with Gasteiger partial charge in [0, 0.05) is 0 Å². The maximum Gasteiger partial charge on any atom is 0.0775 e. The summed E-state index contributed by atoms with van der Waals surface area (Å²) in [5, 5.41) is 9.63. The Balaban J connectivity index is 1.81. The van der Waals surface area contributed by atoms with Crippen LogP contribution in [-0.2, 0) is 0 Å². The van der Waals surface area contributed by atoms with E-state index in [0.29, 0.717) is 0 Å². The Bertz CT molecular complexity index is 1230. The fourth-order valence-corrected chi connectivity index (χ4v) is 5.30. The Morgan fingerprint density at radius 3 is 1.77 bits per heavy atom. The molecule has 0 bridgehead atoms. The molecular formula is C25H22Si. The normalized spacial score (nSPS) is 12.4. The lowest BCUT2D eigenvalue weighted by Gasteiger charge is -2.18. The zero-order valence-corrected chi connectivity index (χ0v) is 16.5. The van der Waals surface area contributed by atoms with Crippen LogP contribution in [0.15, 0.2) is 78.9 Å². The summed E-state index contributed by atoms with van der Waals surface area (Å²) in [5.41, 5.74) is 2.64. The van der Waals surface area contributed by atoms with E-state index in [1.807, 2.05) is 0 Å². The third-order valence-electron chi connectivity index (χ3n) is 5.59. The molecule has 5 aromatic carbocycles. The second-order valence-electron chi connectivity index (χ2n) is 8.30. The van der Waals surface area contributed by atoms with E-state index in [1.54, 1.807) is 0 Å². The molecule has 0 aliphatic carbocycles. The quantitative estimate of drug-likeness (QED) is 0.243. The zero-order valence-electron chi connectivity index (χ0n) is 15.5. The molecule has 0 heterocycles. The Kier molecular flexibility index (Phi) is 3.25. The summed E-state index contributed by atoms with van der Waals surface area (Å²) in [4.78, 5) is 0. The van der Waals surface area contributed by atoms with Gasteiger partial charge in [-0.25, -0.2) is 0 Å². The Morgan fingerprint density at radius 2 is 1.12 bits per heavy atom. The van der Waals surface area contributed by atoms with Crippen LogP contribution in [0.2, 0.25) is 19.6 Å². The highest BCUT2D eigenvalue weighted by Gasteiger charge is 2.16. The molecule has 0 aromatic heterocycles. The first-order valence-corrected chi connectivity index (χ1v) is 12.8. The van der Waals surface area contributed by atoms with Crippen LogP contribution in [0.4, 0.5) is 0 Å². The van der Waals surface area contributed by atoms with Gasteiger partial charge in [-0.3, -0.25) is 0 Å². The largest absolute Gasteiger partial charge is 0.0775 e. The van der Waals surface area contributed by atoms with Crippen molar-refractivity contribution in [2.24, 2.45) is 0 Å². The zero-order chi connectivity index (χ0) is 17.9. The molecule has 5 rings (SSSR count). The van der Waals surface area contributed by atoms with Crippen LogP contribution in [0.25, 0.3) is 43.4 Å². The van der Waals surface area contributed by atoms with Gasteiger partial charge in [0.2, 0.25) is 0 Å². The molecule has 0 unspecified atom stereocenters. The number of benzene rings is 5. The summed E-state index contributed by atoms with van der Waals surface area (Å²) in [6, 6.07) is 29.5. The van der Waals surface area contributed by atoms with Crippen molar-refractivity contribution >= 4 is 45.6 Å². The third-order valence-corrected chi connectivity index (χ3v) is 7.66. The monoisotopic (exact) mass is 350 g/mol. The minimum atomic E-state index is -1.26. The number of hydrogen-bond donors (Lipinski definition) is 0. The average molecular weight is 351 g/mol. The molecule has 0 nitrogen and oxygen atoms in total. The summed E-state index contributed by atoms with van der Waals surface area (Å²) in [6.45, 7) is 7.20.